The monoisotopic (exact) mass is 241 g/mol. The molecular weight excluding hydrogens is 218 g/mol. The maximum atomic E-state index is 11.8. The molecule has 0 aromatic carbocycles. The zero-order chi connectivity index (χ0) is 13.0. The van der Waals surface area contributed by atoms with Gasteiger partial charge in [0.05, 0.1) is 0 Å². The van der Waals surface area contributed by atoms with E-state index in [0.717, 1.165) is 25.7 Å². The van der Waals surface area contributed by atoms with Crippen LogP contribution in [-0.2, 0) is 9.59 Å². The molecule has 0 heterocycles. The Labute approximate surface area is 103 Å². The van der Waals surface area contributed by atoms with Crippen LogP contribution in [0, 0.1) is 11.8 Å². The smallest absolute Gasteiger partial charge is 0.303 e. The Hall–Kier alpha value is -1.06. The van der Waals surface area contributed by atoms with Crippen molar-refractivity contribution in [3.05, 3.63) is 0 Å². The van der Waals surface area contributed by atoms with Crippen molar-refractivity contribution in [1.29, 1.82) is 0 Å². The molecule has 1 rings (SSSR count). The van der Waals surface area contributed by atoms with Crippen LogP contribution < -0.4 is 0 Å². The molecule has 4 heteroatoms. The third-order valence-electron chi connectivity index (χ3n) is 3.67. The van der Waals surface area contributed by atoms with Gasteiger partial charge in [0.1, 0.15) is 0 Å². The molecule has 0 atom stereocenters. The molecule has 1 aliphatic rings. The zero-order valence-corrected chi connectivity index (χ0v) is 11.0. The van der Waals surface area contributed by atoms with E-state index in [-0.39, 0.29) is 18.2 Å². The Balaban J connectivity index is 2.41. The van der Waals surface area contributed by atoms with E-state index < -0.39 is 5.97 Å². The Morgan fingerprint density at radius 2 is 1.76 bits per heavy atom. The van der Waals surface area contributed by atoms with Crippen LogP contribution in [0.1, 0.15) is 46.0 Å². The average Bonchev–Trinajstić information content (AvgIpc) is 2.27. The lowest BCUT2D eigenvalue weighted by atomic mass is 9.83. The van der Waals surface area contributed by atoms with Crippen LogP contribution >= 0.6 is 0 Å². The van der Waals surface area contributed by atoms with Crippen LogP contribution in [0.5, 0.6) is 0 Å². The fraction of sp³-hybridized carbons (Fsp3) is 0.846. The summed E-state index contributed by atoms with van der Waals surface area (Å²) in [6.07, 6.45) is 3.99. The van der Waals surface area contributed by atoms with Gasteiger partial charge in [0.2, 0.25) is 5.91 Å². The first kappa shape index (κ1) is 14.0. The molecule has 0 unspecified atom stereocenters. The van der Waals surface area contributed by atoms with Crippen LogP contribution in [0.15, 0.2) is 0 Å². The lowest BCUT2D eigenvalue weighted by Crippen LogP contribution is -2.41. The number of hydrogen-bond donors (Lipinski definition) is 1. The SMILES string of the molecule is CC(C)C(=O)N(C)C1CCC(CC(=O)O)CC1. The van der Waals surface area contributed by atoms with Gasteiger partial charge in [0.25, 0.3) is 0 Å². The zero-order valence-electron chi connectivity index (χ0n) is 11.0. The summed E-state index contributed by atoms with van der Waals surface area (Å²) in [7, 11) is 1.87. The minimum atomic E-state index is -0.708. The molecule has 0 aromatic heterocycles. The van der Waals surface area contributed by atoms with E-state index in [1.165, 1.54) is 0 Å². The first-order valence-corrected chi connectivity index (χ1v) is 6.40. The van der Waals surface area contributed by atoms with Gasteiger partial charge in [-0.1, -0.05) is 13.8 Å². The summed E-state index contributed by atoms with van der Waals surface area (Å²) in [5.74, 6) is -0.185. The summed E-state index contributed by atoms with van der Waals surface area (Å²) in [4.78, 5) is 24.3. The number of nitrogens with zero attached hydrogens (tertiary/aromatic N) is 1. The summed E-state index contributed by atoms with van der Waals surface area (Å²) >= 11 is 0. The Morgan fingerprint density at radius 1 is 1.24 bits per heavy atom. The van der Waals surface area contributed by atoms with Crippen molar-refractivity contribution in [3.63, 3.8) is 0 Å². The van der Waals surface area contributed by atoms with Gasteiger partial charge in [-0.15, -0.1) is 0 Å². The predicted molar refractivity (Wildman–Crippen MR) is 65.6 cm³/mol. The Bertz CT molecular complexity index is 280. The van der Waals surface area contributed by atoms with Crippen LogP contribution in [0.2, 0.25) is 0 Å². The number of carboxylic acid groups (broad SMARTS) is 1. The summed E-state index contributed by atoms with van der Waals surface area (Å²) < 4.78 is 0. The minimum absolute atomic E-state index is 0.0387. The average molecular weight is 241 g/mol. The molecular formula is C13H23NO3. The standard InChI is InChI=1S/C13H23NO3/c1-9(2)13(17)14(3)11-6-4-10(5-7-11)8-12(15)16/h9-11H,4-8H2,1-3H3,(H,15,16). The number of carboxylic acids is 1. The molecule has 1 N–H and O–H groups in total. The summed E-state index contributed by atoms with van der Waals surface area (Å²) in [5.41, 5.74) is 0. The van der Waals surface area contributed by atoms with Crippen LogP contribution in [0.4, 0.5) is 0 Å². The number of hydrogen-bond acceptors (Lipinski definition) is 2. The van der Waals surface area contributed by atoms with Crippen molar-refractivity contribution in [3.8, 4) is 0 Å². The second-order valence-corrected chi connectivity index (χ2v) is 5.38. The van der Waals surface area contributed by atoms with Gasteiger partial charge in [0, 0.05) is 25.4 Å². The minimum Gasteiger partial charge on any atom is -0.481 e. The maximum Gasteiger partial charge on any atom is 0.303 e. The second kappa shape index (κ2) is 6.03. The van der Waals surface area contributed by atoms with Gasteiger partial charge in [0.15, 0.2) is 0 Å². The summed E-state index contributed by atoms with van der Waals surface area (Å²) in [5, 5.41) is 8.74. The Kier molecular flexibility index (Phi) is 4.97. The number of carbonyl (C=O) groups excluding carboxylic acids is 1. The molecule has 0 bridgehead atoms. The third-order valence-corrected chi connectivity index (χ3v) is 3.67. The third kappa shape index (κ3) is 4.02. The van der Waals surface area contributed by atoms with E-state index in [2.05, 4.69) is 0 Å². The molecule has 1 saturated carbocycles. The largest absolute Gasteiger partial charge is 0.481 e. The number of carbonyl (C=O) groups is 2. The second-order valence-electron chi connectivity index (χ2n) is 5.38. The van der Waals surface area contributed by atoms with Crippen molar-refractivity contribution in [2.24, 2.45) is 11.8 Å². The topological polar surface area (TPSA) is 57.6 Å². The van der Waals surface area contributed by atoms with E-state index in [0.29, 0.717) is 12.0 Å². The maximum absolute atomic E-state index is 11.8. The fourth-order valence-electron chi connectivity index (χ4n) is 2.57. The van der Waals surface area contributed by atoms with E-state index in [1.54, 1.807) is 0 Å². The van der Waals surface area contributed by atoms with Crippen LogP contribution in [0.3, 0.4) is 0 Å². The summed E-state index contributed by atoms with van der Waals surface area (Å²) in [6.45, 7) is 3.82. The summed E-state index contributed by atoms with van der Waals surface area (Å²) in [6, 6.07) is 0.301. The first-order valence-electron chi connectivity index (χ1n) is 6.40. The molecule has 0 saturated heterocycles. The van der Waals surface area contributed by atoms with E-state index in [4.69, 9.17) is 5.11 Å². The lowest BCUT2D eigenvalue weighted by molar-refractivity contribution is -0.139. The van der Waals surface area contributed by atoms with Crippen molar-refractivity contribution in [2.75, 3.05) is 7.05 Å². The van der Waals surface area contributed by atoms with E-state index in [9.17, 15) is 9.59 Å². The van der Waals surface area contributed by atoms with E-state index in [1.807, 2.05) is 25.8 Å². The molecule has 0 radical (unpaired) electrons. The van der Waals surface area contributed by atoms with Gasteiger partial charge in [-0.3, -0.25) is 9.59 Å². The van der Waals surface area contributed by atoms with Crippen molar-refractivity contribution >= 4 is 11.9 Å². The van der Waals surface area contributed by atoms with Gasteiger partial charge in [-0.05, 0) is 31.6 Å². The van der Waals surface area contributed by atoms with Crippen molar-refractivity contribution < 1.29 is 14.7 Å². The number of rotatable bonds is 4. The molecule has 1 aliphatic carbocycles. The molecule has 0 aliphatic heterocycles. The van der Waals surface area contributed by atoms with Crippen molar-refractivity contribution in [1.82, 2.24) is 4.90 Å². The van der Waals surface area contributed by atoms with Crippen molar-refractivity contribution in [2.45, 2.75) is 52.0 Å². The van der Waals surface area contributed by atoms with Crippen LogP contribution in [0.25, 0.3) is 0 Å². The molecule has 98 valence electrons. The van der Waals surface area contributed by atoms with E-state index >= 15 is 0 Å². The quantitative estimate of drug-likeness (QED) is 0.820. The molecule has 0 aromatic rings. The van der Waals surface area contributed by atoms with Crippen LogP contribution in [-0.4, -0.2) is 35.0 Å². The Morgan fingerprint density at radius 3 is 2.18 bits per heavy atom. The molecule has 0 spiro atoms. The number of aliphatic carboxylic acids is 1. The highest BCUT2D eigenvalue weighted by Gasteiger charge is 2.28. The number of amides is 1. The normalized spacial score (nSPS) is 24.7. The van der Waals surface area contributed by atoms with Gasteiger partial charge < -0.3 is 10.0 Å². The molecule has 1 amide bonds. The van der Waals surface area contributed by atoms with Gasteiger partial charge in [-0.2, -0.15) is 0 Å². The van der Waals surface area contributed by atoms with Gasteiger partial charge >= 0.3 is 5.97 Å². The predicted octanol–water partition coefficient (Wildman–Crippen LogP) is 2.13. The highest BCUT2D eigenvalue weighted by atomic mass is 16.4. The molecule has 1 fully saturated rings. The fourth-order valence-corrected chi connectivity index (χ4v) is 2.57. The highest BCUT2D eigenvalue weighted by molar-refractivity contribution is 5.78. The van der Waals surface area contributed by atoms with Gasteiger partial charge in [-0.25, -0.2) is 0 Å². The first-order chi connectivity index (χ1) is 7.91. The lowest BCUT2D eigenvalue weighted by Gasteiger charge is -2.35. The molecule has 4 nitrogen and oxygen atoms in total. The highest BCUT2D eigenvalue weighted by Crippen LogP contribution is 2.29. The molecule has 17 heavy (non-hydrogen) atoms.